The molecule has 2 aromatic rings. The summed E-state index contributed by atoms with van der Waals surface area (Å²) in [4.78, 5) is 34.4. The highest BCUT2D eigenvalue weighted by Gasteiger charge is 2.17. The molecule has 2 rings (SSSR count). The van der Waals surface area contributed by atoms with Crippen molar-refractivity contribution in [1.29, 1.82) is 0 Å². The number of anilines is 1. The van der Waals surface area contributed by atoms with Gasteiger partial charge in [0.2, 0.25) is 5.91 Å². The number of ether oxygens (including phenoxy) is 1. The molecule has 8 heteroatoms. The molecule has 8 nitrogen and oxygen atoms in total. The Hall–Kier alpha value is -3.42. The predicted molar refractivity (Wildman–Crippen MR) is 133 cm³/mol. The Labute approximate surface area is 196 Å². The Kier molecular flexibility index (Phi) is 14.6. The van der Waals surface area contributed by atoms with Gasteiger partial charge in [-0.15, -0.1) is 0 Å². The molecular weight excluding hydrogens is 422 g/mol. The van der Waals surface area contributed by atoms with Crippen molar-refractivity contribution >= 4 is 23.2 Å². The molecular formula is C25H37N3O5. The number of carbonyl (C=O) groups is 2. The van der Waals surface area contributed by atoms with Crippen molar-refractivity contribution < 1.29 is 19.2 Å². The number of hydrogen-bond donors (Lipinski definition) is 2. The molecule has 0 aliphatic heterocycles. The highest BCUT2D eigenvalue weighted by Crippen LogP contribution is 2.26. The van der Waals surface area contributed by atoms with E-state index in [1.54, 1.807) is 12.1 Å². The third kappa shape index (κ3) is 9.72. The molecule has 0 atom stereocenters. The van der Waals surface area contributed by atoms with Crippen LogP contribution in [0, 0.1) is 10.1 Å². The van der Waals surface area contributed by atoms with E-state index in [1.807, 2.05) is 47.6 Å². The molecule has 0 heterocycles. The highest BCUT2D eigenvalue weighted by atomic mass is 16.6. The molecule has 0 aromatic heterocycles. The van der Waals surface area contributed by atoms with Gasteiger partial charge in [0.15, 0.2) is 0 Å². The fourth-order valence-corrected chi connectivity index (χ4v) is 2.79. The summed E-state index contributed by atoms with van der Waals surface area (Å²) >= 11 is 0. The summed E-state index contributed by atoms with van der Waals surface area (Å²) < 4.78 is 5.69. The Bertz CT molecular complexity index is 913. The zero-order valence-electron chi connectivity index (χ0n) is 20.8. The van der Waals surface area contributed by atoms with Crippen molar-refractivity contribution in [3.63, 3.8) is 0 Å². The van der Waals surface area contributed by atoms with E-state index in [0.717, 1.165) is 12.0 Å². The molecule has 0 aliphatic carbocycles. The van der Waals surface area contributed by atoms with Crippen LogP contribution in [0.1, 0.15) is 70.0 Å². The molecule has 0 radical (unpaired) electrons. The summed E-state index contributed by atoms with van der Waals surface area (Å²) in [5.74, 6) is -0.110. The first-order valence-corrected chi connectivity index (χ1v) is 11.4. The summed E-state index contributed by atoms with van der Waals surface area (Å²) in [5, 5.41) is 16.5. The van der Waals surface area contributed by atoms with Crippen molar-refractivity contribution in [1.82, 2.24) is 5.32 Å². The minimum Gasteiger partial charge on any atom is -0.491 e. The average molecular weight is 460 g/mol. The molecule has 2 aromatic carbocycles. The van der Waals surface area contributed by atoms with Crippen LogP contribution >= 0.6 is 0 Å². The van der Waals surface area contributed by atoms with E-state index in [9.17, 15) is 19.7 Å². The number of nitrogens with zero attached hydrogens (tertiary/aromatic N) is 1. The lowest BCUT2D eigenvalue weighted by molar-refractivity contribution is -0.384. The van der Waals surface area contributed by atoms with Crippen LogP contribution in [0.25, 0.3) is 0 Å². The Morgan fingerprint density at radius 2 is 1.67 bits per heavy atom. The largest absolute Gasteiger partial charge is 0.491 e. The molecule has 0 saturated carbocycles. The number of hydrogen-bond acceptors (Lipinski definition) is 5. The van der Waals surface area contributed by atoms with E-state index in [2.05, 4.69) is 10.6 Å². The second-order valence-corrected chi connectivity index (χ2v) is 6.42. The number of nitro benzene ring substituents is 1. The summed E-state index contributed by atoms with van der Waals surface area (Å²) in [6, 6.07) is 9.74. The number of nitrogens with one attached hydrogen (secondary N) is 2. The number of rotatable bonds is 9. The van der Waals surface area contributed by atoms with Crippen molar-refractivity contribution in [2.45, 2.75) is 61.3 Å². The second kappa shape index (κ2) is 16.2. The van der Waals surface area contributed by atoms with Gasteiger partial charge >= 0.3 is 0 Å². The lowest BCUT2D eigenvalue weighted by Gasteiger charge is -2.15. The first kappa shape index (κ1) is 29.6. The van der Waals surface area contributed by atoms with E-state index in [4.69, 9.17) is 4.74 Å². The number of amides is 2. The third-order valence-electron chi connectivity index (χ3n) is 4.36. The van der Waals surface area contributed by atoms with Crippen LogP contribution in [0.15, 0.2) is 36.4 Å². The van der Waals surface area contributed by atoms with Gasteiger partial charge in [-0.3, -0.25) is 19.7 Å². The first-order chi connectivity index (χ1) is 15.8. The minimum absolute atomic E-state index is 0.0187. The van der Waals surface area contributed by atoms with Crippen LogP contribution in [0.4, 0.5) is 11.4 Å². The fourth-order valence-electron chi connectivity index (χ4n) is 2.79. The van der Waals surface area contributed by atoms with Gasteiger partial charge in [-0.05, 0) is 42.2 Å². The van der Waals surface area contributed by atoms with Crippen molar-refractivity contribution in [3.05, 3.63) is 63.2 Å². The Morgan fingerprint density at radius 1 is 1.00 bits per heavy atom. The monoisotopic (exact) mass is 459 g/mol. The highest BCUT2D eigenvalue weighted by molar-refractivity contribution is 6.06. The fraction of sp³-hybridized carbons (Fsp3) is 0.440. The summed E-state index contributed by atoms with van der Waals surface area (Å²) in [7, 11) is 0. The van der Waals surface area contributed by atoms with Crippen LogP contribution in [0.3, 0.4) is 0 Å². The van der Waals surface area contributed by atoms with Crippen LogP contribution in [-0.4, -0.2) is 29.9 Å². The van der Waals surface area contributed by atoms with Crippen molar-refractivity contribution in [2.75, 3.05) is 18.5 Å². The van der Waals surface area contributed by atoms with Gasteiger partial charge in [0.25, 0.3) is 11.6 Å². The minimum atomic E-state index is -0.462. The number of aryl methyl sites for hydroxylation is 2. The van der Waals surface area contributed by atoms with Gasteiger partial charge in [0, 0.05) is 24.7 Å². The van der Waals surface area contributed by atoms with E-state index in [0.29, 0.717) is 35.5 Å². The lowest BCUT2D eigenvalue weighted by Crippen LogP contribution is -2.26. The van der Waals surface area contributed by atoms with Crippen LogP contribution < -0.4 is 15.4 Å². The van der Waals surface area contributed by atoms with Gasteiger partial charge in [0.1, 0.15) is 12.4 Å². The van der Waals surface area contributed by atoms with E-state index < -0.39 is 4.92 Å². The van der Waals surface area contributed by atoms with Crippen LogP contribution in [-0.2, 0) is 17.6 Å². The quantitative estimate of drug-likeness (QED) is 0.291. The predicted octanol–water partition coefficient (Wildman–Crippen LogP) is 5.54. The maximum Gasteiger partial charge on any atom is 0.269 e. The Morgan fingerprint density at radius 3 is 2.21 bits per heavy atom. The summed E-state index contributed by atoms with van der Waals surface area (Å²) in [6.07, 6.45) is 1.29. The molecule has 33 heavy (non-hydrogen) atoms. The summed E-state index contributed by atoms with van der Waals surface area (Å²) in [5.41, 5.74) is 2.52. The topological polar surface area (TPSA) is 111 Å². The smallest absolute Gasteiger partial charge is 0.269 e. The van der Waals surface area contributed by atoms with Gasteiger partial charge in [-0.2, -0.15) is 0 Å². The summed E-state index contributed by atoms with van der Waals surface area (Å²) in [6.45, 7) is 13.8. The molecule has 0 unspecified atom stereocenters. The van der Waals surface area contributed by atoms with Crippen LogP contribution in [0.2, 0.25) is 0 Å². The maximum atomic E-state index is 12.9. The van der Waals surface area contributed by atoms with Crippen molar-refractivity contribution in [3.8, 4) is 5.75 Å². The maximum absolute atomic E-state index is 12.9. The molecule has 0 aliphatic rings. The van der Waals surface area contributed by atoms with Gasteiger partial charge in [0.05, 0.1) is 17.0 Å². The zero-order valence-corrected chi connectivity index (χ0v) is 20.8. The van der Waals surface area contributed by atoms with Crippen molar-refractivity contribution in [2.24, 2.45) is 0 Å². The number of non-ortho nitro benzene ring substituents is 1. The normalized spacial score (nSPS) is 9.42. The molecule has 0 spiro atoms. The third-order valence-corrected chi connectivity index (χ3v) is 4.36. The molecule has 0 bridgehead atoms. The number of carbonyl (C=O) groups excluding carboxylic acids is 2. The second-order valence-electron chi connectivity index (χ2n) is 6.42. The van der Waals surface area contributed by atoms with E-state index in [1.165, 1.54) is 25.1 Å². The van der Waals surface area contributed by atoms with E-state index >= 15 is 0 Å². The van der Waals surface area contributed by atoms with E-state index in [-0.39, 0.29) is 24.1 Å². The SMILES string of the molecule is CC.CC.CCc1ccc(OCCNC(C)=O)c(C(=O)Nc2ccc([N+](=O)[O-])cc2CC)c1. The van der Waals surface area contributed by atoms with Gasteiger partial charge < -0.3 is 15.4 Å². The molecule has 0 saturated heterocycles. The first-order valence-electron chi connectivity index (χ1n) is 11.4. The molecule has 0 fully saturated rings. The number of nitro groups is 1. The standard InChI is InChI=1S/C21H25N3O5.2C2H6/c1-4-15-6-9-20(29-11-10-22-14(3)25)18(12-15)21(26)23-19-8-7-17(24(27)28)13-16(19)5-2;2*1-2/h6-9,12-13H,4-5,10-11H2,1-3H3,(H,22,25)(H,23,26);2*1-2H3. The van der Waals surface area contributed by atoms with Crippen LogP contribution in [0.5, 0.6) is 5.75 Å². The van der Waals surface area contributed by atoms with Gasteiger partial charge in [-0.1, -0.05) is 47.6 Å². The average Bonchev–Trinajstić information content (AvgIpc) is 2.84. The Balaban J connectivity index is 0.00000242. The lowest BCUT2D eigenvalue weighted by atomic mass is 10.1. The molecule has 182 valence electrons. The zero-order chi connectivity index (χ0) is 25.4. The molecule has 2 amide bonds. The molecule has 2 N–H and O–H groups in total. The number of benzene rings is 2. The van der Waals surface area contributed by atoms with Gasteiger partial charge in [-0.25, -0.2) is 0 Å².